The number of aryl methyl sites for hydroxylation is 1. The molecule has 0 bridgehead atoms. The number of guanidine groups is 1. The van der Waals surface area contributed by atoms with Crippen LogP contribution < -0.4 is 16.0 Å². The van der Waals surface area contributed by atoms with Crippen molar-refractivity contribution in [1.82, 2.24) is 15.6 Å². The molecule has 2 heterocycles. The van der Waals surface area contributed by atoms with E-state index in [2.05, 4.69) is 34.1 Å². The molecule has 1 amide bonds. The highest BCUT2D eigenvalue weighted by Crippen LogP contribution is 2.31. The predicted octanol–water partition coefficient (Wildman–Crippen LogP) is 4.92. The zero-order valence-electron chi connectivity index (χ0n) is 18.2. The fraction of sp³-hybridized carbons (Fsp3) is 0.292. The first-order chi connectivity index (χ1) is 15.1. The van der Waals surface area contributed by atoms with Crippen LogP contribution in [-0.2, 0) is 11.3 Å². The summed E-state index contributed by atoms with van der Waals surface area (Å²) < 4.78 is 0. The van der Waals surface area contributed by atoms with E-state index in [0.29, 0.717) is 19.5 Å². The number of halogens is 1. The van der Waals surface area contributed by atoms with Crippen molar-refractivity contribution in [1.29, 1.82) is 0 Å². The van der Waals surface area contributed by atoms with E-state index in [1.807, 2.05) is 50.2 Å². The minimum atomic E-state index is 0. The van der Waals surface area contributed by atoms with Crippen LogP contribution in [0.15, 0.2) is 59.6 Å². The number of carbonyl (C=O) groups excluding carboxylic acids is 1. The highest BCUT2D eigenvalue weighted by Gasteiger charge is 2.24. The Balaban J connectivity index is 0.00000289. The zero-order chi connectivity index (χ0) is 21.6. The van der Waals surface area contributed by atoms with Crippen LogP contribution in [0, 0.1) is 6.92 Å². The molecule has 1 atom stereocenters. The first-order valence-corrected chi connectivity index (χ1v) is 11.4. The molecule has 32 heavy (non-hydrogen) atoms. The summed E-state index contributed by atoms with van der Waals surface area (Å²) in [5.74, 6) is 0.921. The Labute approximate surface area is 210 Å². The van der Waals surface area contributed by atoms with Gasteiger partial charge in [0.15, 0.2) is 5.96 Å². The van der Waals surface area contributed by atoms with E-state index in [1.54, 1.807) is 11.3 Å². The van der Waals surface area contributed by atoms with Gasteiger partial charge in [0.25, 0.3) is 0 Å². The first kappa shape index (κ1) is 24.2. The molecule has 0 spiro atoms. The number of rotatable bonds is 6. The summed E-state index contributed by atoms with van der Waals surface area (Å²) in [6.45, 7) is 6.06. The van der Waals surface area contributed by atoms with E-state index in [0.717, 1.165) is 44.9 Å². The van der Waals surface area contributed by atoms with Gasteiger partial charge < -0.3 is 16.0 Å². The summed E-state index contributed by atoms with van der Waals surface area (Å²) in [5, 5.41) is 10.7. The number of aromatic nitrogens is 1. The molecular weight excluding hydrogens is 533 g/mol. The number of fused-ring (bicyclic) bond motifs is 1. The monoisotopic (exact) mass is 561 g/mol. The third kappa shape index (κ3) is 5.86. The summed E-state index contributed by atoms with van der Waals surface area (Å²) in [6, 6.07) is 18.2. The van der Waals surface area contributed by atoms with Crippen molar-refractivity contribution in [2.24, 2.45) is 4.99 Å². The molecule has 8 heteroatoms. The van der Waals surface area contributed by atoms with Crippen LogP contribution in [0.25, 0.3) is 10.6 Å². The lowest BCUT2D eigenvalue weighted by Crippen LogP contribution is -2.40. The predicted molar refractivity (Wildman–Crippen MR) is 143 cm³/mol. The van der Waals surface area contributed by atoms with Crippen molar-refractivity contribution >= 4 is 52.9 Å². The first-order valence-electron chi connectivity index (χ1n) is 10.6. The van der Waals surface area contributed by atoms with Crippen LogP contribution in [0.3, 0.4) is 0 Å². The van der Waals surface area contributed by atoms with Gasteiger partial charge in [-0.25, -0.2) is 9.98 Å². The number of nitrogens with one attached hydrogen (secondary N) is 3. The number of amides is 1. The Bertz CT molecular complexity index is 1080. The molecule has 1 aromatic heterocycles. The smallest absolute Gasteiger partial charge is 0.225 e. The Morgan fingerprint density at radius 1 is 1.16 bits per heavy atom. The molecule has 0 radical (unpaired) electrons. The minimum Gasteiger partial charge on any atom is -0.357 e. The molecule has 0 saturated heterocycles. The number of para-hydroxylation sites is 1. The summed E-state index contributed by atoms with van der Waals surface area (Å²) in [6.07, 6.45) is 0.470. The third-order valence-electron chi connectivity index (χ3n) is 5.26. The van der Waals surface area contributed by atoms with Gasteiger partial charge in [0, 0.05) is 41.6 Å². The standard InChI is InChI=1S/C24H27N5OS.HI/c1-3-25-24(26-14-18-13-22(30)29-20-12-8-7-11-19(18)20)27-15-21-16(2)28-23(31-21)17-9-5-4-6-10-17;/h4-12,18H,3,13-15H2,1-2H3,(H,29,30)(H2,25,26,27);1H. The van der Waals surface area contributed by atoms with Gasteiger partial charge in [0.2, 0.25) is 5.91 Å². The lowest BCUT2D eigenvalue weighted by Gasteiger charge is -2.26. The molecule has 1 aliphatic heterocycles. The molecule has 1 aliphatic rings. The van der Waals surface area contributed by atoms with Crippen LogP contribution in [0.1, 0.15) is 35.4 Å². The number of hydrogen-bond donors (Lipinski definition) is 3. The van der Waals surface area contributed by atoms with E-state index >= 15 is 0 Å². The van der Waals surface area contributed by atoms with Crippen LogP contribution in [0.5, 0.6) is 0 Å². The topological polar surface area (TPSA) is 78.4 Å². The second-order valence-corrected chi connectivity index (χ2v) is 8.59. The van der Waals surface area contributed by atoms with Gasteiger partial charge in [0.1, 0.15) is 5.01 Å². The van der Waals surface area contributed by atoms with E-state index < -0.39 is 0 Å². The summed E-state index contributed by atoms with van der Waals surface area (Å²) in [5.41, 5.74) is 4.21. The van der Waals surface area contributed by atoms with Gasteiger partial charge in [-0.05, 0) is 25.5 Å². The van der Waals surface area contributed by atoms with Crippen LogP contribution in [-0.4, -0.2) is 29.9 Å². The van der Waals surface area contributed by atoms with Crippen LogP contribution >= 0.6 is 35.3 Å². The van der Waals surface area contributed by atoms with Crippen molar-refractivity contribution in [2.75, 3.05) is 18.4 Å². The van der Waals surface area contributed by atoms with Gasteiger partial charge in [0.05, 0.1) is 12.2 Å². The van der Waals surface area contributed by atoms with Crippen LogP contribution in [0.4, 0.5) is 5.69 Å². The number of carbonyl (C=O) groups is 1. The number of aliphatic imine (C=N–C) groups is 1. The van der Waals surface area contributed by atoms with Gasteiger partial charge >= 0.3 is 0 Å². The number of hydrogen-bond acceptors (Lipinski definition) is 4. The van der Waals surface area contributed by atoms with Crippen molar-refractivity contribution < 1.29 is 4.79 Å². The fourth-order valence-electron chi connectivity index (χ4n) is 3.68. The molecule has 0 fully saturated rings. The lowest BCUT2D eigenvalue weighted by atomic mass is 9.90. The number of benzene rings is 2. The van der Waals surface area contributed by atoms with E-state index in [9.17, 15) is 4.79 Å². The van der Waals surface area contributed by atoms with Gasteiger partial charge in [-0.1, -0.05) is 48.5 Å². The average Bonchev–Trinajstić information content (AvgIpc) is 3.16. The molecule has 1 unspecified atom stereocenters. The van der Waals surface area contributed by atoms with E-state index in [-0.39, 0.29) is 35.8 Å². The van der Waals surface area contributed by atoms with Gasteiger partial charge in [-0.3, -0.25) is 4.79 Å². The molecule has 168 valence electrons. The third-order valence-corrected chi connectivity index (χ3v) is 6.45. The Hall–Kier alpha value is -2.46. The van der Waals surface area contributed by atoms with Crippen molar-refractivity contribution in [3.8, 4) is 10.6 Å². The number of nitrogens with zero attached hydrogens (tertiary/aromatic N) is 2. The minimum absolute atomic E-state index is 0. The average molecular weight is 561 g/mol. The normalized spacial score (nSPS) is 15.4. The summed E-state index contributed by atoms with van der Waals surface area (Å²) in [7, 11) is 0. The van der Waals surface area contributed by atoms with Crippen molar-refractivity contribution in [2.45, 2.75) is 32.7 Å². The Morgan fingerprint density at radius 3 is 2.69 bits per heavy atom. The van der Waals surface area contributed by atoms with Crippen LogP contribution in [0.2, 0.25) is 0 Å². The molecular formula is C24H28IN5OS. The van der Waals surface area contributed by atoms with Crippen molar-refractivity contribution in [3.05, 3.63) is 70.7 Å². The molecule has 6 nitrogen and oxygen atoms in total. The fourth-order valence-corrected chi connectivity index (χ4v) is 4.67. The van der Waals surface area contributed by atoms with E-state index in [1.165, 1.54) is 0 Å². The molecule has 3 aromatic rings. The highest BCUT2D eigenvalue weighted by atomic mass is 127. The lowest BCUT2D eigenvalue weighted by molar-refractivity contribution is -0.116. The highest BCUT2D eigenvalue weighted by molar-refractivity contribution is 14.0. The number of thiazole rings is 1. The van der Waals surface area contributed by atoms with Crippen molar-refractivity contribution in [3.63, 3.8) is 0 Å². The Kier molecular flexibility index (Phi) is 8.63. The SMILES string of the molecule is CCNC(=NCc1sc(-c2ccccc2)nc1C)NCC1CC(=O)Nc2ccccc21.I. The van der Waals surface area contributed by atoms with Gasteiger partial charge in [-0.15, -0.1) is 35.3 Å². The molecule has 3 N–H and O–H groups in total. The Morgan fingerprint density at radius 2 is 1.91 bits per heavy atom. The van der Waals surface area contributed by atoms with Gasteiger partial charge in [-0.2, -0.15) is 0 Å². The van der Waals surface area contributed by atoms with E-state index in [4.69, 9.17) is 9.98 Å². The molecule has 0 saturated carbocycles. The summed E-state index contributed by atoms with van der Waals surface area (Å²) >= 11 is 1.68. The maximum absolute atomic E-state index is 12.1. The quantitative estimate of drug-likeness (QED) is 0.227. The second-order valence-electron chi connectivity index (χ2n) is 7.51. The molecule has 0 aliphatic carbocycles. The maximum Gasteiger partial charge on any atom is 0.225 e. The number of anilines is 1. The molecule has 4 rings (SSSR count). The second kappa shape index (κ2) is 11.4. The summed E-state index contributed by atoms with van der Waals surface area (Å²) in [4.78, 5) is 22.7. The maximum atomic E-state index is 12.1. The zero-order valence-corrected chi connectivity index (χ0v) is 21.4. The largest absolute Gasteiger partial charge is 0.357 e. The molecule has 2 aromatic carbocycles.